The second-order valence-corrected chi connectivity index (χ2v) is 3.32. The van der Waals surface area contributed by atoms with Gasteiger partial charge in [-0.15, -0.1) is 11.6 Å². The molecule has 2 aromatic rings. The van der Waals surface area contributed by atoms with Gasteiger partial charge in [0.15, 0.2) is 5.65 Å². The Morgan fingerprint density at radius 3 is 3.00 bits per heavy atom. The van der Waals surface area contributed by atoms with E-state index in [-0.39, 0.29) is 0 Å². The summed E-state index contributed by atoms with van der Waals surface area (Å²) in [7, 11) is 0. The van der Waals surface area contributed by atoms with Gasteiger partial charge in [-0.2, -0.15) is 0 Å². The maximum atomic E-state index is 5.61. The van der Waals surface area contributed by atoms with Crippen molar-refractivity contribution in [3.05, 3.63) is 23.7 Å². The topological polar surface area (TPSA) is 41.6 Å². The van der Waals surface area contributed by atoms with Crippen LogP contribution in [-0.2, 0) is 6.42 Å². The van der Waals surface area contributed by atoms with Gasteiger partial charge < -0.3 is 4.98 Å². The third-order valence-corrected chi connectivity index (χ3v) is 2.05. The van der Waals surface area contributed by atoms with Crippen molar-refractivity contribution in [3.8, 4) is 0 Å². The minimum Gasteiger partial charge on any atom is -0.341 e. The largest absolute Gasteiger partial charge is 0.341 e. The number of nitrogens with one attached hydrogen (secondary N) is 1. The van der Waals surface area contributed by atoms with Gasteiger partial charge in [0.05, 0.1) is 5.52 Å². The molecule has 0 atom stereocenters. The van der Waals surface area contributed by atoms with Crippen LogP contribution in [0.25, 0.3) is 11.2 Å². The molecule has 4 heteroatoms. The third-order valence-electron chi connectivity index (χ3n) is 1.87. The van der Waals surface area contributed by atoms with E-state index in [1.165, 1.54) is 0 Å². The SMILES string of the molecule is Cc1ccc2[nH]c(CCCl)nc2n1. The molecule has 2 aromatic heterocycles. The standard InChI is InChI=1S/C9H10ClN3/c1-6-2-3-7-9(11-6)13-8(12-7)4-5-10/h2-3H,4-5H2,1H3,(H,11,12,13). The predicted octanol–water partition coefficient (Wildman–Crippen LogP) is 2.05. The fraction of sp³-hybridized carbons (Fsp3) is 0.333. The van der Waals surface area contributed by atoms with Crippen molar-refractivity contribution in [2.24, 2.45) is 0 Å². The second-order valence-electron chi connectivity index (χ2n) is 2.95. The minimum absolute atomic E-state index is 0.582. The van der Waals surface area contributed by atoms with E-state index in [9.17, 15) is 0 Å². The monoisotopic (exact) mass is 195 g/mol. The average molecular weight is 196 g/mol. The Hall–Kier alpha value is -1.09. The molecule has 0 unspecified atom stereocenters. The normalized spacial score (nSPS) is 10.9. The first kappa shape index (κ1) is 8.51. The van der Waals surface area contributed by atoms with E-state index in [4.69, 9.17) is 11.6 Å². The first-order chi connectivity index (χ1) is 6.29. The average Bonchev–Trinajstić information content (AvgIpc) is 2.46. The molecule has 0 bridgehead atoms. The molecular formula is C9H10ClN3. The number of imidazole rings is 1. The summed E-state index contributed by atoms with van der Waals surface area (Å²) in [5, 5.41) is 0. The maximum absolute atomic E-state index is 5.61. The van der Waals surface area contributed by atoms with Crippen molar-refractivity contribution in [1.29, 1.82) is 0 Å². The number of aromatic amines is 1. The van der Waals surface area contributed by atoms with Crippen LogP contribution in [0.4, 0.5) is 0 Å². The number of aromatic nitrogens is 3. The Morgan fingerprint density at radius 1 is 1.38 bits per heavy atom. The van der Waals surface area contributed by atoms with Crippen molar-refractivity contribution >= 4 is 22.8 Å². The van der Waals surface area contributed by atoms with Crippen molar-refractivity contribution < 1.29 is 0 Å². The van der Waals surface area contributed by atoms with E-state index in [1.807, 2.05) is 19.1 Å². The molecule has 0 radical (unpaired) electrons. The van der Waals surface area contributed by atoms with Crippen LogP contribution in [0.5, 0.6) is 0 Å². The number of alkyl halides is 1. The predicted molar refractivity (Wildman–Crippen MR) is 53.0 cm³/mol. The lowest BCUT2D eigenvalue weighted by Gasteiger charge is -1.88. The van der Waals surface area contributed by atoms with Crippen LogP contribution >= 0.6 is 11.6 Å². The Bertz CT molecular complexity index is 422. The Labute approximate surface area is 81.2 Å². The van der Waals surface area contributed by atoms with Crippen LogP contribution in [0.1, 0.15) is 11.5 Å². The van der Waals surface area contributed by atoms with Gasteiger partial charge in [0.25, 0.3) is 0 Å². The summed E-state index contributed by atoms with van der Waals surface area (Å²) in [6.07, 6.45) is 0.761. The highest BCUT2D eigenvalue weighted by molar-refractivity contribution is 6.17. The van der Waals surface area contributed by atoms with E-state index in [0.717, 1.165) is 29.1 Å². The number of hydrogen-bond acceptors (Lipinski definition) is 2. The Kier molecular flexibility index (Phi) is 2.19. The lowest BCUT2D eigenvalue weighted by molar-refractivity contribution is 1.00. The molecule has 2 heterocycles. The third kappa shape index (κ3) is 1.65. The fourth-order valence-electron chi connectivity index (χ4n) is 1.24. The van der Waals surface area contributed by atoms with Crippen molar-refractivity contribution in [2.45, 2.75) is 13.3 Å². The summed E-state index contributed by atoms with van der Waals surface area (Å²) in [5.74, 6) is 1.49. The lowest BCUT2D eigenvalue weighted by Crippen LogP contribution is -1.87. The molecule has 0 aliphatic heterocycles. The summed E-state index contributed by atoms with van der Waals surface area (Å²) in [5.41, 5.74) is 2.74. The fourth-order valence-corrected chi connectivity index (χ4v) is 1.42. The second kappa shape index (κ2) is 3.34. The number of pyridine rings is 1. The summed E-state index contributed by atoms with van der Waals surface area (Å²) < 4.78 is 0. The van der Waals surface area contributed by atoms with Crippen LogP contribution < -0.4 is 0 Å². The first-order valence-electron chi connectivity index (χ1n) is 4.18. The van der Waals surface area contributed by atoms with Crippen LogP contribution in [-0.4, -0.2) is 20.8 Å². The highest BCUT2D eigenvalue weighted by atomic mass is 35.5. The Balaban J connectivity index is 2.49. The molecule has 0 spiro atoms. The van der Waals surface area contributed by atoms with Crippen molar-refractivity contribution in [2.75, 3.05) is 5.88 Å². The quantitative estimate of drug-likeness (QED) is 0.746. The summed E-state index contributed by atoms with van der Waals surface area (Å²) in [6, 6.07) is 3.95. The highest BCUT2D eigenvalue weighted by Gasteiger charge is 2.02. The number of halogens is 1. The van der Waals surface area contributed by atoms with E-state index in [0.29, 0.717) is 5.88 Å². The molecule has 0 amide bonds. The summed E-state index contributed by atoms with van der Waals surface area (Å²) in [4.78, 5) is 11.8. The van der Waals surface area contributed by atoms with Gasteiger partial charge in [-0.1, -0.05) is 0 Å². The van der Waals surface area contributed by atoms with Crippen LogP contribution in [0.2, 0.25) is 0 Å². The van der Waals surface area contributed by atoms with Crippen molar-refractivity contribution in [1.82, 2.24) is 15.0 Å². The molecule has 0 fully saturated rings. The number of H-pyrrole nitrogens is 1. The molecule has 0 saturated heterocycles. The molecule has 0 saturated carbocycles. The maximum Gasteiger partial charge on any atom is 0.177 e. The zero-order chi connectivity index (χ0) is 9.26. The van der Waals surface area contributed by atoms with Gasteiger partial charge in [-0.3, -0.25) is 0 Å². The molecule has 13 heavy (non-hydrogen) atoms. The minimum atomic E-state index is 0.582. The zero-order valence-electron chi connectivity index (χ0n) is 7.34. The van der Waals surface area contributed by atoms with Crippen LogP contribution in [0, 0.1) is 6.92 Å². The van der Waals surface area contributed by atoms with E-state index >= 15 is 0 Å². The lowest BCUT2D eigenvalue weighted by atomic mass is 10.4. The van der Waals surface area contributed by atoms with E-state index < -0.39 is 0 Å². The van der Waals surface area contributed by atoms with Crippen molar-refractivity contribution in [3.63, 3.8) is 0 Å². The number of aryl methyl sites for hydroxylation is 2. The summed E-state index contributed by atoms with van der Waals surface area (Å²) in [6.45, 7) is 1.95. The molecule has 0 aromatic carbocycles. The van der Waals surface area contributed by atoms with Crippen LogP contribution in [0.3, 0.4) is 0 Å². The van der Waals surface area contributed by atoms with Gasteiger partial charge in [0.2, 0.25) is 0 Å². The molecule has 0 aliphatic rings. The molecular weight excluding hydrogens is 186 g/mol. The smallest absolute Gasteiger partial charge is 0.177 e. The molecule has 0 aliphatic carbocycles. The van der Waals surface area contributed by atoms with Gasteiger partial charge in [0.1, 0.15) is 5.82 Å². The number of nitrogens with zero attached hydrogens (tertiary/aromatic N) is 2. The highest BCUT2D eigenvalue weighted by Crippen LogP contribution is 2.09. The molecule has 2 rings (SSSR count). The zero-order valence-corrected chi connectivity index (χ0v) is 8.10. The van der Waals surface area contributed by atoms with Gasteiger partial charge in [-0.25, -0.2) is 9.97 Å². The molecule has 68 valence electrons. The Morgan fingerprint density at radius 2 is 2.23 bits per heavy atom. The number of fused-ring (bicyclic) bond motifs is 1. The van der Waals surface area contributed by atoms with Gasteiger partial charge in [-0.05, 0) is 19.1 Å². The molecule has 3 nitrogen and oxygen atoms in total. The van der Waals surface area contributed by atoms with Crippen LogP contribution in [0.15, 0.2) is 12.1 Å². The van der Waals surface area contributed by atoms with E-state index in [2.05, 4.69) is 15.0 Å². The number of rotatable bonds is 2. The van der Waals surface area contributed by atoms with Gasteiger partial charge >= 0.3 is 0 Å². The van der Waals surface area contributed by atoms with Gasteiger partial charge in [0, 0.05) is 18.0 Å². The number of hydrogen-bond donors (Lipinski definition) is 1. The summed E-state index contributed by atoms with van der Waals surface area (Å²) >= 11 is 5.61. The molecule has 1 N–H and O–H groups in total. The first-order valence-corrected chi connectivity index (χ1v) is 4.71. The van der Waals surface area contributed by atoms with E-state index in [1.54, 1.807) is 0 Å².